The van der Waals surface area contributed by atoms with Gasteiger partial charge in [0.1, 0.15) is 0 Å². The Morgan fingerprint density at radius 3 is 2.75 bits per heavy atom. The lowest BCUT2D eigenvalue weighted by Gasteiger charge is -2.19. The molecule has 1 atom stereocenters. The molecule has 88 valence electrons. The standard InChI is InChI=1S/C13H21N3/c1-4-14-13(8-11-5-6-11)12-7-9(2)15-16-10(12)3/h7,11,13-14H,4-6,8H2,1-3H3. The van der Waals surface area contributed by atoms with Gasteiger partial charge in [-0.2, -0.15) is 10.2 Å². The largest absolute Gasteiger partial charge is 0.310 e. The van der Waals surface area contributed by atoms with Gasteiger partial charge >= 0.3 is 0 Å². The van der Waals surface area contributed by atoms with Crippen LogP contribution in [-0.4, -0.2) is 16.7 Å². The van der Waals surface area contributed by atoms with Crippen LogP contribution in [0.5, 0.6) is 0 Å². The quantitative estimate of drug-likeness (QED) is 0.827. The fourth-order valence-electron chi connectivity index (χ4n) is 2.18. The van der Waals surface area contributed by atoms with Gasteiger partial charge in [-0.15, -0.1) is 0 Å². The van der Waals surface area contributed by atoms with Gasteiger partial charge in [0.05, 0.1) is 11.4 Å². The second kappa shape index (κ2) is 4.91. The van der Waals surface area contributed by atoms with Gasteiger partial charge in [0.25, 0.3) is 0 Å². The Labute approximate surface area is 97.7 Å². The van der Waals surface area contributed by atoms with Crippen molar-refractivity contribution in [2.24, 2.45) is 5.92 Å². The number of nitrogens with zero attached hydrogens (tertiary/aromatic N) is 2. The van der Waals surface area contributed by atoms with E-state index in [1.807, 2.05) is 6.92 Å². The Balaban J connectivity index is 2.18. The number of hydrogen-bond acceptors (Lipinski definition) is 3. The average molecular weight is 219 g/mol. The molecule has 1 aromatic heterocycles. The highest BCUT2D eigenvalue weighted by Crippen LogP contribution is 2.38. The molecule has 1 saturated carbocycles. The molecule has 0 radical (unpaired) electrons. The van der Waals surface area contributed by atoms with Crippen molar-refractivity contribution in [1.82, 2.24) is 15.5 Å². The lowest BCUT2D eigenvalue weighted by Crippen LogP contribution is -2.23. The fourth-order valence-corrected chi connectivity index (χ4v) is 2.18. The van der Waals surface area contributed by atoms with Crippen LogP contribution in [0.3, 0.4) is 0 Å². The van der Waals surface area contributed by atoms with E-state index in [0.717, 1.165) is 23.9 Å². The molecule has 0 amide bonds. The highest BCUT2D eigenvalue weighted by atomic mass is 15.1. The van der Waals surface area contributed by atoms with Gasteiger partial charge in [-0.1, -0.05) is 19.8 Å². The highest BCUT2D eigenvalue weighted by Gasteiger charge is 2.26. The molecular formula is C13H21N3. The second-order valence-corrected chi connectivity index (χ2v) is 4.82. The van der Waals surface area contributed by atoms with Crippen LogP contribution in [0.2, 0.25) is 0 Å². The van der Waals surface area contributed by atoms with E-state index in [1.54, 1.807) is 0 Å². The Morgan fingerprint density at radius 1 is 1.38 bits per heavy atom. The Bertz CT molecular complexity index is 358. The Kier molecular flexibility index (Phi) is 3.54. The molecule has 1 N–H and O–H groups in total. The molecule has 1 unspecified atom stereocenters. The molecule has 3 heteroatoms. The summed E-state index contributed by atoms with van der Waals surface area (Å²) in [5.41, 5.74) is 3.41. The maximum absolute atomic E-state index is 4.22. The first-order chi connectivity index (χ1) is 7.70. The Hall–Kier alpha value is -0.960. The van der Waals surface area contributed by atoms with Gasteiger partial charge in [-0.05, 0) is 44.4 Å². The molecule has 16 heavy (non-hydrogen) atoms. The summed E-state index contributed by atoms with van der Waals surface area (Å²) in [4.78, 5) is 0. The van der Waals surface area contributed by atoms with E-state index in [1.165, 1.54) is 24.8 Å². The van der Waals surface area contributed by atoms with Crippen LogP contribution in [0.15, 0.2) is 6.07 Å². The number of rotatable bonds is 5. The van der Waals surface area contributed by atoms with Gasteiger partial charge in [-0.25, -0.2) is 0 Å². The molecule has 2 rings (SSSR count). The molecule has 1 heterocycles. The SMILES string of the molecule is CCNC(CC1CC1)c1cc(C)nnc1C. The zero-order valence-corrected chi connectivity index (χ0v) is 10.5. The third-order valence-electron chi connectivity index (χ3n) is 3.23. The van der Waals surface area contributed by atoms with Gasteiger partial charge < -0.3 is 5.32 Å². The minimum atomic E-state index is 0.465. The van der Waals surface area contributed by atoms with Crippen molar-refractivity contribution in [2.45, 2.75) is 46.1 Å². The molecule has 0 bridgehead atoms. The van der Waals surface area contributed by atoms with E-state index in [0.29, 0.717) is 6.04 Å². The molecule has 3 nitrogen and oxygen atoms in total. The second-order valence-electron chi connectivity index (χ2n) is 4.82. The van der Waals surface area contributed by atoms with E-state index in [-0.39, 0.29) is 0 Å². The zero-order valence-electron chi connectivity index (χ0n) is 10.5. The van der Waals surface area contributed by atoms with Crippen molar-refractivity contribution in [3.8, 4) is 0 Å². The molecule has 0 aromatic carbocycles. The number of nitrogens with one attached hydrogen (secondary N) is 1. The summed E-state index contributed by atoms with van der Waals surface area (Å²) in [6, 6.07) is 2.64. The molecule has 1 fully saturated rings. The van der Waals surface area contributed by atoms with Gasteiger partial charge in [0, 0.05) is 6.04 Å². The van der Waals surface area contributed by atoms with Crippen molar-refractivity contribution in [3.63, 3.8) is 0 Å². The van der Waals surface area contributed by atoms with Crippen LogP contribution >= 0.6 is 0 Å². The molecule has 1 aliphatic rings. The van der Waals surface area contributed by atoms with Crippen molar-refractivity contribution < 1.29 is 0 Å². The maximum Gasteiger partial charge on any atom is 0.0648 e. The van der Waals surface area contributed by atoms with Crippen molar-refractivity contribution in [2.75, 3.05) is 6.54 Å². The summed E-state index contributed by atoms with van der Waals surface area (Å²) in [5, 5.41) is 11.9. The normalized spacial score (nSPS) is 17.4. The fraction of sp³-hybridized carbons (Fsp3) is 0.692. The zero-order chi connectivity index (χ0) is 11.5. The molecular weight excluding hydrogens is 198 g/mol. The van der Waals surface area contributed by atoms with E-state index in [4.69, 9.17) is 0 Å². The highest BCUT2D eigenvalue weighted by molar-refractivity contribution is 5.24. The summed E-state index contributed by atoms with van der Waals surface area (Å²) in [6.45, 7) is 7.24. The minimum Gasteiger partial charge on any atom is -0.310 e. The van der Waals surface area contributed by atoms with E-state index in [2.05, 4.69) is 35.4 Å². The van der Waals surface area contributed by atoms with Crippen molar-refractivity contribution in [3.05, 3.63) is 23.0 Å². The monoisotopic (exact) mass is 219 g/mol. The smallest absolute Gasteiger partial charge is 0.0648 e. The first-order valence-corrected chi connectivity index (χ1v) is 6.25. The molecule has 0 saturated heterocycles. The van der Waals surface area contributed by atoms with E-state index in [9.17, 15) is 0 Å². The number of aryl methyl sites for hydroxylation is 2. The van der Waals surface area contributed by atoms with E-state index < -0.39 is 0 Å². The third-order valence-corrected chi connectivity index (χ3v) is 3.23. The van der Waals surface area contributed by atoms with Crippen LogP contribution in [0.4, 0.5) is 0 Å². The van der Waals surface area contributed by atoms with Crippen LogP contribution in [0.1, 0.15) is 49.2 Å². The Morgan fingerprint density at radius 2 is 2.12 bits per heavy atom. The summed E-state index contributed by atoms with van der Waals surface area (Å²) < 4.78 is 0. The molecule has 0 aliphatic heterocycles. The number of hydrogen-bond donors (Lipinski definition) is 1. The van der Waals surface area contributed by atoms with Crippen LogP contribution in [0.25, 0.3) is 0 Å². The molecule has 1 aromatic rings. The average Bonchev–Trinajstić information content (AvgIpc) is 3.05. The summed E-state index contributed by atoms with van der Waals surface area (Å²) in [5.74, 6) is 0.928. The topological polar surface area (TPSA) is 37.8 Å². The molecule has 0 spiro atoms. The van der Waals surface area contributed by atoms with E-state index >= 15 is 0 Å². The predicted octanol–water partition coefficient (Wildman–Crippen LogP) is 2.54. The third kappa shape index (κ3) is 2.79. The summed E-state index contributed by atoms with van der Waals surface area (Å²) >= 11 is 0. The first-order valence-electron chi connectivity index (χ1n) is 6.25. The van der Waals surface area contributed by atoms with Crippen molar-refractivity contribution in [1.29, 1.82) is 0 Å². The predicted molar refractivity (Wildman–Crippen MR) is 65.3 cm³/mol. The summed E-state index contributed by atoms with van der Waals surface area (Å²) in [7, 11) is 0. The number of aromatic nitrogens is 2. The van der Waals surface area contributed by atoms with Crippen LogP contribution < -0.4 is 5.32 Å². The lowest BCUT2D eigenvalue weighted by molar-refractivity contribution is 0.482. The van der Waals surface area contributed by atoms with Gasteiger partial charge in [0.15, 0.2) is 0 Å². The van der Waals surface area contributed by atoms with Gasteiger partial charge in [0.2, 0.25) is 0 Å². The van der Waals surface area contributed by atoms with Crippen molar-refractivity contribution >= 4 is 0 Å². The summed E-state index contributed by atoms with van der Waals surface area (Å²) in [6.07, 6.45) is 4.05. The van der Waals surface area contributed by atoms with Crippen LogP contribution in [0, 0.1) is 19.8 Å². The first kappa shape index (κ1) is 11.5. The molecule has 1 aliphatic carbocycles. The minimum absolute atomic E-state index is 0.465. The maximum atomic E-state index is 4.22. The lowest BCUT2D eigenvalue weighted by atomic mass is 10.00. The van der Waals surface area contributed by atoms with Crippen LogP contribution in [-0.2, 0) is 0 Å². The van der Waals surface area contributed by atoms with Gasteiger partial charge in [-0.3, -0.25) is 0 Å².